The number of nitrogens with one attached hydrogen (secondary N) is 3. The summed E-state index contributed by atoms with van der Waals surface area (Å²) in [5.74, 6) is -1.74. The molecule has 8 nitrogen and oxygen atoms in total. The molecule has 1 aliphatic heterocycles. The van der Waals surface area contributed by atoms with Crippen molar-refractivity contribution in [2.75, 3.05) is 6.54 Å². The van der Waals surface area contributed by atoms with Crippen LogP contribution in [0.1, 0.15) is 43.0 Å². The maximum atomic E-state index is 12.9. The number of nitrogens with zero attached hydrogens (tertiary/aromatic N) is 1. The number of rotatable bonds is 4. The summed E-state index contributed by atoms with van der Waals surface area (Å²) < 4.78 is 12.9. The fourth-order valence-corrected chi connectivity index (χ4v) is 3.34. The van der Waals surface area contributed by atoms with Crippen LogP contribution in [0.5, 0.6) is 0 Å². The van der Waals surface area contributed by atoms with Crippen LogP contribution in [0.4, 0.5) is 9.18 Å². The molecule has 3 N–H and O–H groups in total. The van der Waals surface area contributed by atoms with Crippen LogP contribution in [0.3, 0.4) is 0 Å². The Hall–Kier alpha value is -2.97. The lowest BCUT2D eigenvalue weighted by Gasteiger charge is -2.33. The molecule has 3 rings (SSSR count). The molecule has 0 radical (unpaired) electrons. The molecule has 1 heterocycles. The first-order valence-electron chi connectivity index (χ1n) is 8.81. The molecule has 1 saturated carbocycles. The molecular weight excluding hydrogens is 355 g/mol. The normalized spacial score (nSPS) is 24.7. The molecule has 5 amide bonds. The summed E-state index contributed by atoms with van der Waals surface area (Å²) in [6.45, 7) is 1.66. The van der Waals surface area contributed by atoms with Crippen molar-refractivity contribution in [1.29, 1.82) is 0 Å². The van der Waals surface area contributed by atoms with Gasteiger partial charge in [0.15, 0.2) is 0 Å². The van der Waals surface area contributed by atoms with Gasteiger partial charge in [-0.15, -0.1) is 0 Å². The van der Waals surface area contributed by atoms with Gasteiger partial charge in [-0.05, 0) is 55.9 Å². The predicted molar refractivity (Wildman–Crippen MR) is 92.6 cm³/mol. The first-order chi connectivity index (χ1) is 12.8. The minimum Gasteiger partial charge on any atom is -0.343 e. The van der Waals surface area contributed by atoms with Crippen LogP contribution in [0, 0.1) is 11.7 Å². The van der Waals surface area contributed by atoms with Crippen molar-refractivity contribution in [3.05, 3.63) is 35.6 Å². The molecule has 0 unspecified atom stereocenters. The highest BCUT2D eigenvalue weighted by Gasteiger charge is 2.52. The second-order valence-electron chi connectivity index (χ2n) is 7.06. The summed E-state index contributed by atoms with van der Waals surface area (Å²) in [4.78, 5) is 48.7. The Labute approximate surface area is 155 Å². The second-order valence-corrected chi connectivity index (χ2v) is 7.06. The van der Waals surface area contributed by atoms with Gasteiger partial charge in [0.2, 0.25) is 0 Å². The van der Waals surface area contributed by atoms with Gasteiger partial charge in [-0.25, -0.2) is 9.18 Å². The Morgan fingerprint density at radius 3 is 2.48 bits per heavy atom. The molecule has 1 aromatic carbocycles. The van der Waals surface area contributed by atoms with Gasteiger partial charge in [0.25, 0.3) is 17.7 Å². The molecule has 0 aromatic heterocycles. The smallest absolute Gasteiger partial charge is 0.343 e. The van der Waals surface area contributed by atoms with Gasteiger partial charge in [0.05, 0.1) is 6.54 Å². The summed E-state index contributed by atoms with van der Waals surface area (Å²) in [6.07, 6.45) is 2.71. The first-order valence-corrected chi connectivity index (χ1v) is 8.81. The van der Waals surface area contributed by atoms with E-state index >= 15 is 0 Å². The van der Waals surface area contributed by atoms with Crippen LogP contribution < -0.4 is 16.1 Å². The average Bonchev–Trinajstić information content (AvgIpc) is 2.87. The van der Waals surface area contributed by atoms with Crippen LogP contribution in [-0.2, 0) is 9.59 Å². The van der Waals surface area contributed by atoms with Crippen molar-refractivity contribution >= 4 is 23.8 Å². The Kier molecular flexibility index (Phi) is 5.11. The molecule has 2 fully saturated rings. The lowest BCUT2D eigenvalue weighted by atomic mass is 9.77. The fourth-order valence-electron chi connectivity index (χ4n) is 3.34. The maximum absolute atomic E-state index is 12.9. The average molecular weight is 376 g/mol. The van der Waals surface area contributed by atoms with Crippen molar-refractivity contribution in [3.63, 3.8) is 0 Å². The van der Waals surface area contributed by atoms with Gasteiger partial charge in [-0.2, -0.15) is 5.01 Å². The number of carbonyl (C=O) groups is 4. The van der Waals surface area contributed by atoms with E-state index in [4.69, 9.17) is 0 Å². The summed E-state index contributed by atoms with van der Waals surface area (Å²) in [7, 11) is 0. The van der Waals surface area contributed by atoms with Gasteiger partial charge < -0.3 is 10.6 Å². The number of hydrogen-bond donors (Lipinski definition) is 3. The summed E-state index contributed by atoms with van der Waals surface area (Å²) in [6, 6.07) is 4.16. The number of hydrogen-bond acceptors (Lipinski definition) is 4. The SMILES string of the molecule is CC1CCC2(CC1)NC(=O)N(NC(=O)CNC(=O)c1ccc(F)cc1)C2=O. The molecule has 27 heavy (non-hydrogen) atoms. The zero-order valence-corrected chi connectivity index (χ0v) is 14.9. The van der Waals surface area contributed by atoms with Crippen molar-refractivity contribution in [2.45, 2.75) is 38.1 Å². The zero-order chi connectivity index (χ0) is 19.6. The second kappa shape index (κ2) is 7.34. The third kappa shape index (κ3) is 3.91. The summed E-state index contributed by atoms with van der Waals surface area (Å²) >= 11 is 0. The van der Waals surface area contributed by atoms with Crippen LogP contribution >= 0.6 is 0 Å². The van der Waals surface area contributed by atoms with Gasteiger partial charge in [0.1, 0.15) is 11.4 Å². The van der Waals surface area contributed by atoms with E-state index in [1.807, 2.05) is 0 Å². The van der Waals surface area contributed by atoms with Gasteiger partial charge in [-0.1, -0.05) is 6.92 Å². The van der Waals surface area contributed by atoms with Crippen LogP contribution in [0.15, 0.2) is 24.3 Å². The Morgan fingerprint density at radius 1 is 1.22 bits per heavy atom. The first kappa shape index (κ1) is 18.8. The third-order valence-corrected chi connectivity index (χ3v) is 5.04. The highest BCUT2D eigenvalue weighted by atomic mass is 19.1. The van der Waals surface area contributed by atoms with E-state index < -0.39 is 41.7 Å². The van der Waals surface area contributed by atoms with E-state index in [9.17, 15) is 23.6 Å². The van der Waals surface area contributed by atoms with Crippen molar-refractivity contribution < 1.29 is 23.6 Å². The molecule has 0 bridgehead atoms. The van der Waals surface area contributed by atoms with Crippen molar-refractivity contribution in [2.24, 2.45) is 5.92 Å². The van der Waals surface area contributed by atoms with Gasteiger partial charge in [0, 0.05) is 5.56 Å². The summed E-state index contributed by atoms with van der Waals surface area (Å²) in [5.41, 5.74) is 1.47. The van der Waals surface area contributed by atoms with Crippen LogP contribution in [0.25, 0.3) is 0 Å². The van der Waals surface area contributed by atoms with Crippen LogP contribution in [0.2, 0.25) is 0 Å². The monoisotopic (exact) mass is 376 g/mol. The third-order valence-electron chi connectivity index (χ3n) is 5.04. The van der Waals surface area contributed by atoms with E-state index in [1.54, 1.807) is 0 Å². The molecule has 9 heteroatoms. The standard InChI is InChI=1S/C18H21FN4O4/c1-11-6-8-18(9-7-11)16(26)23(17(27)21-18)22-14(24)10-20-15(25)12-2-4-13(19)5-3-12/h2-5,11H,6-10H2,1H3,(H,20,25)(H,21,27)(H,22,24). The predicted octanol–water partition coefficient (Wildman–Crippen LogP) is 1.09. The lowest BCUT2D eigenvalue weighted by Crippen LogP contribution is -2.52. The quantitative estimate of drug-likeness (QED) is 0.684. The summed E-state index contributed by atoms with van der Waals surface area (Å²) in [5, 5.41) is 5.73. The minimum atomic E-state index is -0.950. The Morgan fingerprint density at radius 2 is 1.85 bits per heavy atom. The molecule has 2 aliphatic rings. The number of urea groups is 1. The lowest BCUT2D eigenvalue weighted by molar-refractivity contribution is -0.139. The zero-order valence-electron chi connectivity index (χ0n) is 14.9. The number of benzene rings is 1. The molecular formula is C18H21FN4O4. The topological polar surface area (TPSA) is 108 Å². The fraction of sp³-hybridized carbons (Fsp3) is 0.444. The number of hydrazine groups is 1. The molecule has 1 spiro atoms. The molecule has 144 valence electrons. The largest absolute Gasteiger partial charge is 0.344 e. The van der Waals surface area contributed by atoms with E-state index in [-0.39, 0.29) is 5.56 Å². The molecule has 0 atom stereocenters. The molecule has 1 saturated heterocycles. The van der Waals surface area contributed by atoms with Gasteiger partial charge in [-0.3, -0.25) is 19.8 Å². The minimum absolute atomic E-state index is 0.189. The number of amides is 5. The maximum Gasteiger partial charge on any atom is 0.344 e. The van der Waals surface area contributed by atoms with E-state index in [1.165, 1.54) is 12.1 Å². The van der Waals surface area contributed by atoms with Crippen molar-refractivity contribution in [3.8, 4) is 0 Å². The Bertz CT molecular complexity index is 772. The van der Waals surface area contributed by atoms with E-state index in [0.29, 0.717) is 23.8 Å². The number of halogens is 1. The number of imide groups is 1. The highest BCUT2D eigenvalue weighted by Crippen LogP contribution is 2.35. The van der Waals surface area contributed by atoms with E-state index in [0.717, 1.165) is 25.0 Å². The number of carbonyl (C=O) groups excluding carboxylic acids is 4. The van der Waals surface area contributed by atoms with Crippen molar-refractivity contribution in [1.82, 2.24) is 21.1 Å². The molecule has 1 aromatic rings. The molecule has 1 aliphatic carbocycles. The Balaban J connectivity index is 1.54. The van der Waals surface area contributed by atoms with E-state index in [2.05, 4.69) is 23.0 Å². The highest BCUT2D eigenvalue weighted by molar-refractivity contribution is 6.08. The van der Waals surface area contributed by atoms with Gasteiger partial charge >= 0.3 is 6.03 Å². The van der Waals surface area contributed by atoms with Crippen LogP contribution in [-0.4, -0.2) is 40.8 Å².